The van der Waals surface area contributed by atoms with Crippen LogP contribution in [0.1, 0.15) is 12.5 Å². The highest BCUT2D eigenvalue weighted by atomic mass is 16.5. The Morgan fingerprint density at radius 1 is 1.14 bits per heavy atom. The minimum absolute atomic E-state index is 0.153. The molecule has 0 aromatic heterocycles. The SMILES string of the molecule is CCOc1ccc(NCC(=O)N/N=C\c2ccccc2)cc1. The molecule has 22 heavy (non-hydrogen) atoms. The van der Waals surface area contributed by atoms with Crippen molar-refractivity contribution in [1.29, 1.82) is 0 Å². The maximum atomic E-state index is 11.7. The monoisotopic (exact) mass is 297 g/mol. The molecular formula is C17H19N3O2. The molecule has 0 aliphatic carbocycles. The summed E-state index contributed by atoms with van der Waals surface area (Å²) in [6, 6.07) is 17.0. The fourth-order valence-corrected chi connectivity index (χ4v) is 1.78. The van der Waals surface area contributed by atoms with Crippen LogP contribution in [0.3, 0.4) is 0 Å². The Hall–Kier alpha value is -2.82. The molecule has 114 valence electrons. The van der Waals surface area contributed by atoms with E-state index in [0.29, 0.717) is 6.61 Å². The number of nitrogens with one attached hydrogen (secondary N) is 2. The molecule has 2 rings (SSSR count). The molecule has 0 radical (unpaired) electrons. The van der Waals surface area contributed by atoms with Gasteiger partial charge in [-0.1, -0.05) is 30.3 Å². The van der Waals surface area contributed by atoms with E-state index in [0.717, 1.165) is 17.0 Å². The van der Waals surface area contributed by atoms with Crippen LogP contribution >= 0.6 is 0 Å². The molecule has 0 atom stereocenters. The van der Waals surface area contributed by atoms with Gasteiger partial charge < -0.3 is 10.1 Å². The van der Waals surface area contributed by atoms with Crippen molar-refractivity contribution in [3.63, 3.8) is 0 Å². The van der Waals surface area contributed by atoms with Crippen molar-refractivity contribution in [1.82, 2.24) is 5.43 Å². The molecule has 0 aliphatic heterocycles. The first-order valence-corrected chi connectivity index (χ1v) is 7.11. The first-order valence-electron chi connectivity index (χ1n) is 7.11. The number of carbonyl (C=O) groups excluding carboxylic acids is 1. The third-order valence-corrected chi connectivity index (χ3v) is 2.82. The molecule has 2 N–H and O–H groups in total. The van der Waals surface area contributed by atoms with Gasteiger partial charge in [0.05, 0.1) is 19.4 Å². The lowest BCUT2D eigenvalue weighted by molar-refractivity contribution is -0.119. The quantitative estimate of drug-likeness (QED) is 0.610. The number of nitrogens with zero attached hydrogens (tertiary/aromatic N) is 1. The molecule has 0 fully saturated rings. The van der Waals surface area contributed by atoms with Gasteiger partial charge in [-0.05, 0) is 36.8 Å². The van der Waals surface area contributed by atoms with Gasteiger partial charge in [-0.25, -0.2) is 5.43 Å². The van der Waals surface area contributed by atoms with Gasteiger partial charge in [-0.3, -0.25) is 4.79 Å². The van der Waals surface area contributed by atoms with Crippen LogP contribution in [-0.2, 0) is 4.79 Å². The highest BCUT2D eigenvalue weighted by Crippen LogP contribution is 2.15. The van der Waals surface area contributed by atoms with Crippen LogP contribution < -0.4 is 15.5 Å². The largest absolute Gasteiger partial charge is 0.494 e. The summed E-state index contributed by atoms with van der Waals surface area (Å²) in [7, 11) is 0. The zero-order chi connectivity index (χ0) is 15.6. The van der Waals surface area contributed by atoms with Crippen molar-refractivity contribution in [3.05, 3.63) is 60.2 Å². The highest BCUT2D eigenvalue weighted by molar-refractivity contribution is 5.84. The number of carbonyl (C=O) groups is 1. The highest BCUT2D eigenvalue weighted by Gasteiger charge is 2.00. The van der Waals surface area contributed by atoms with Crippen molar-refractivity contribution < 1.29 is 9.53 Å². The van der Waals surface area contributed by atoms with E-state index in [-0.39, 0.29) is 12.5 Å². The Kier molecular flexibility index (Phi) is 5.99. The third-order valence-electron chi connectivity index (χ3n) is 2.82. The second kappa shape index (κ2) is 8.46. The number of hydrazone groups is 1. The lowest BCUT2D eigenvalue weighted by atomic mass is 10.2. The minimum Gasteiger partial charge on any atom is -0.494 e. The molecule has 2 aromatic carbocycles. The van der Waals surface area contributed by atoms with Gasteiger partial charge in [0.25, 0.3) is 5.91 Å². The second-order valence-corrected chi connectivity index (χ2v) is 4.51. The Balaban J connectivity index is 1.74. The van der Waals surface area contributed by atoms with Gasteiger partial charge in [0, 0.05) is 5.69 Å². The summed E-state index contributed by atoms with van der Waals surface area (Å²) in [6.45, 7) is 2.72. The average Bonchev–Trinajstić information content (AvgIpc) is 2.55. The lowest BCUT2D eigenvalue weighted by Crippen LogP contribution is -2.25. The molecule has 0 bridgehead atoms. The summed E-state index contributed by atoms with van der Waals surface area (Å²) in [5.41, 5.74) is 4.26. The first kappa shape index (κ1) is 15.6. The predicted molar refractivity (Wildman–Crippen MR) is 88.3 cm³/mol. The van der Waals surface area contributed by atoms with E-state index in [1.165, 1.54) is 0 Å². The van der Waals surface area contributed by atoms with Crippen LogP contribution in [0, 0.1) is 0 Å². The minimum atomic E-state index is -0.207. The van der Waals surface area contributed by atoms with E-state index < -0.39 is 0 Å². The van der Waals surface area contributed by atoms with Crippen molar-refractivity contribution >= 4 is 17.8 Å². The predicted octanol–water partition coefficient (Wildman–Crippen LogP) is 2.65. The third kappa shape index (κ3) is 5.28. The molecule has 1 amide bonds. The molecule has 0 unspecified atom stereocenters. The summed E-state index contributed by atoms with van der Waals surface area (Å²) in [6.07, 6.45) is 1.61. The van der Waals surface area contributed by atoms with E-state index in [1.807, 2.05) is 61.5 Å². The van der Waals surface area contributed by atoms with E-state index >= 15 is 0 Å². The van der Waals surface area contributed by atoms with E-state index in [4.69, 9.17) is 4.74 Å². The summed E-state index contributed by atoms with van der Waals surface area (Å²) in [5, 5.41) is 6.93. The zero-order valence-electron chi connectivity index (χ0n) is 12.5. The fourth-order valence-electron chi connectivity index (χ4n) is 1.78. The summed E-state index contributed by atoms with van der Waals surface area (Å²) in [5.74, 6) is 0.603. The number of anilines is 1. The zero-order valence-corrected chi connectivity index (χ0v) is 12.5. The molecule has 0 spiro atoms. The van der Waals surface area contributed by atoms with Crippen LogP contribution in [-0.4, -0.2) is 25.3 Å². The van der Waals surface area contributed by atoms with Gasteiger partial charge in [0.2, 0.25) is 0 Å². The topological polar surface area (TPSA) is 62.7 Å². The molecule has 5 nitrogen and oxygen atoms in total. The fraction of sp³-hybridized carbons (Fsp3) is 0.176. The Labute approximate surface area is 130 Å². The van der Waals surface area contributed by atoms with Gasteiger partial charge in [-0.15, -0.1) is 0 Å². The van der Waals surface area contributed by atoms with Crippen LogP contribution in [0.2, 0.25) is 0 Å². The number of benzene rings is 2. The molecule has 0 saturated heterocycles. The number of ether oxygens (including phenoxy) is 1. The van der Waals surface area contributed by atoms with Crippen LogP contribution in [0.25, 0.3) is 0 Å². The smallest absolute Gasteiger partial charge is 0.259 e. The van der Waals surface area contributed by atoms with E-state index in [2.05, 4.69) is 15.8 Å². The summed E-state index contributed by atoms with van der Waals surface area (Å²) < 4.78 is 5.36. The summed E-state index contributed by atoms with van der Waals surface area (Å²) >= 11 is 0. The van der Waals surface area contributed by atoms with Crippen LogP contribution in [0.5, 0.6) is 5.75 Å². The molecule has 2 aromatic rings. The number of rotatable bonds is 7. The maximum absolute atomic E-state index is 11.7. The number of hydrogen-bond donors (Lipinski definition) is 2. The first-order chi connectivity index (χ1) is 10.8. The molecule has 0 aliphatic rings. The van der Waals surface area contributed by atoms with Crippen LogP contribution in [0.4, 0.5) is 5.69 Å². The Morgan fingerprint density at radius 3 is 2.55 bits per heavy atom. The standard InChI is InChI=1S/C17H19N3O2/c1-2-22-16-10-8-15(9-11-16)18-13-17(21)20-19-12-14-6-4-3-5-7-14/h3-12,18H,2,13H2,1H3,(H,20,21)/b19-12-. The lowest BCUT2D eigenvalue weighted by Gasteiger charge is -2.07. The van der Waals surface area contributed by atoms with Gasteiger partial charge in [-0.2, -0.15) is 5.10 Å². The second-order valence-electron chi connectivity index (χ2n) is 4.51. The van der Waals surface area contributed by atoms with Crippen molar-refractivity contribution in [2.45, 2.75) is 6.92 Å². The number of hydrogen-bond acceptors (Lipinski definition) is 4. The normalized spacial score (nSPS) is 10.4. The van der Waals surface area contributed by atoms with E-state index in [9.17, 15) is 4.79 Å². The van der Waals surface area contributed by atoms with Crippen molar-refractivity contribution in [3.8, 4) is 5.75 Å². The van der Waals surface area contributed by atoms with Crippen molar-refractivity contribution in [2.24, 2.45) is 5.10 Å². The summed E-state index contributed by atoms with van der Waals surface area (Å²) in [4.78, 5) is 11.7. The van der Waals surface area contributed by atoms with Gasteiger partial charge in [0.15, 0.2) is 0 Å². The van der Waals surface area contributed by atoms with Gasteiger partial charge >= 0.3 is 0 Å². The molecular weight excluding hydrogens is 278 g/mol. The Morgan fingerprint density at radius 2 is 1.86 bits per heavy atom. The van der Waals surface area contributed by atoms with E-state index in [1.54, 1.807) is 6.21 Å². The van der Waals surface area contributed by atoms with Gasteiger partial charge in [0.1, 0.15) is 5.75 Å². The maximum Gasteiger partial charge on any atom is 0.259 e. The molecule has 5 heteroatoms. The average molecular weight is 297 g/mol. The molecule has 0 heterocycles. The van der Waals surface area contributed by atoms with Crippen LogP contribution in [0.15, 0.2) is 59.7 Å². The van der Waals surface area contributed by atoms with Crippen molar-refractivity contribution in [2.75, 3.05) is 18.5 Å². The Bertz CT molecular complexity index is 610. The molecule has 0 saturated carbocycles. The number of amides is 1.